The zero-order chi connectivity index (χ0) is 10.2. The molecule has 2 rings (SSSR count). The van der Waals surface area contributed by atoms with Crippen LogP contribution in [-0.2, 0) is 9.47 Å². The average Bonchev–Trinajstić information content (AvgIpc) is 2.37. The third-order valence-corrected chi connectivity index (χ3v) is 2.89. The van der Waals surface area contributed by atoms with Gasteiger partial charge in [-0.05, 0) is 40.2 Å². The van der Waals surface area contributed by atoms with E-state index in [1.54, 1.807) is 0 Å². The summed E-state index contributed by atoms with van der Waals surface area (Å²) in [5.74, 6) is 0. The Bertz CT molecular complexity index is 200. The predicted octanol–water partition coefficient (Wildman–Crippen LogP) is 1.32. The molecule has 0 spiro atoms. The Hall–Kier alpha value is -0.120. The van der Waals surface area contributed by atoms with E-state index in [4.69, 9.17) is 9.47 Å². The molecule has 2 heterocycles. The van der Waals surface area contributed by atoms with Gasteiger partial charge < -0.3 is 14.8 Å². The zero-order valence-corrected chi connectivity index (χ0v) is 9.38. The maximum Gasteiger partial charge on any atom is 0.0965 e. The van der Waals surface area contributed by atoms with Crippen LogP contribution < -0.4 is 5.32 Å². The lowest BCUT2D eigenvalue weighted by atomic mass is 10.0. The summed E-state index contributed by atoms with van der Waals surface area (Å²) in [5.41, 5.74) is -0.0555. The topological polar surface area (TPSA) is 30.5 Å². The molecule has 0 aromatic carbocycles. The van der Waals surface area contributed by atoms with Gasteiger partial charge in [-0.1, -0.05) is 0 Å². The third-order valence-electron chi connectivity index (χ3n) is 2.89. The van der Waals surface area contributed by atoms with Crippen LogP contribution in [0.3, 0.4) is 0 Å². The van der Waals surface area contributed by atoms with Crippen molar-refractivity contribution in [3.8, 4) is 0 Å². The van der Waals surface area contributed by atoms with Gasteiger partial charge in [0.1, 0.15) is 0 Å². The Kier molecular flexibility index (Phi) is 2.82. The molecule has 0 saturated carbocycles. The van der Waals surface area contributed by atoms with Gasteiger partial charge in [-0.3, -0.25) is 0 Å². The fraction of sp³-hybridized carbons (Fsp3) is 1.00. The second-order valence-corrected chi connectivity index (χ2v) is 5.30. The summed E-state index contributed by atoms with van der Waals surface area (Å²) >= 11 is 0. The number of piperidine rings is 1. The first-order valence-electron chi connectivity index (χ1n) is 5.57. The highest BCUT2D eigenvalue weighted by molar-refractivity contribution is 4.92. The van der Waals surface area contributed by atoms with E-state index >= 15 is 0 Å². The number of rotatable bonds is 2. The Labute approximate surface area is 86.2 Å². The second-order valence-electron chi connectivity index (χ2n) is 5.30. The van der Waals surface area contributed by atoms with E-state index < -0.39 is 0 Å². The number of ether oxygens (including phenoxy) is 2. The van der Waals surface area contributed by atoms with E-state index in [2.05, 4.69) is 26.1 Å². The molecule has 1 N–H and O–H groups in total. The lowest BCUT2D eigenvalue weighted by Crippen LogP contribution is -2.41. The van der Waals surface area contributed by atoms with Crippen LogP contribution >= 0.6 is 0 Å². The molecule has 0 amide bonds. The van der Waals surface area contributed by atoms with Crippen LogP contribution in [0, 0.1) is 0 Å². The molecule has 3 unspecified atom stereocenters. The quantitative estimate of drug-likeness (QED) is 0.727. The summed E-state index contributed by atoms with van der Waals surface area (Å²) in [6, 6.07) is 0.524. The van der Waals surface area contributed by atoms with E-state index in [9.17, 15) is 0 Å². The van der Waals surface area contributed by atoms with Gasteiger partial charge in [0.05, 0.1) is 24.4 Å². The Morgan fingerprint density at radius 3 is 2.86 bits per heavy atom. The van der Waals surface area contributed by atoms with Crippen molar-refractivity contribution < 1.29 is 9.47 Å². The van der Waals surface area contributed by atoms with Gasteiger partial charge in [-0.15, -0.1) is 0 Å². The molecule has 3 nitrogen and oxygen atoms in total. The summed E-state index contributed by atoms with van der Waals surface area (Å²) < 4.78 is 11.6. The summed E-state index contributed by atoms with van der Waals surface area (Å²) in [7, 11) is 0. The van der Waals surface area contributed by atoms with Crippen molar-refractivity contribution in [1.82, 2.24) is 5.32 Å². The SMILES string of the molecule is CC(C)(C)OCC1OC2CCNC1C2. The highest BCUT2D eigenvalue weighted by atomic mass is 16.6. The molecule has 2 aliphatic heterocycles. The molecular weight excluding hydrogens is 178 g/mol. The third kappa shape index (κ3) is 2.47. The smallest absolute Gasteiger partial charge is 0.0965 e. The van der Waals surface area contributed by atoms with Crippen LogP contribution in [0.25, 0.3) is 0 Å². The monoisotopic (exact) mass is 199 g/mol. The molecule has 0 aromatic rings. The molecule has 2 fully saturated rings. The molecule has 2 bridgehead atoms. The highest BCUT2D eigenvalue weighted by Gasteiger charge is 2.38. The van der Waals surface area contributed by atoms with Crippen molar-refractivity contribution in [1.29, 1.82) is 0 Å². The van der Waals surface area contributed by atoms with Gasteiger partial charge in [0.15, 0.2) is 0 Å². The first-order chi connectivity index (χ1) is 6.54. The van der Waals surface area contributed by atoms with Gasteiger partial charge in [-0.2, -0.15) is 0 Å². The Morgan fingerprint density at radius 1 is 1.43 bits per heavy atom. The van der Waals surface area contributed by atoms with Gasteiger partial charge in [0, 0.05) is 6.04 Å². The van der Waals surface area contributed by atoms with Crippen molar-refractivity contribution in [2.45, 2.75) is 57.5 Å². The van der Waals surface area contributed by atoms with E-state index in [1.165, 1.54) is 0 Å². The minimum Gasteiger partial charge on any atom is -0.373 e. The van der Waals surface area contributed by atoms with Gasteiger partial charge in [0.25, 0.3) is 0 Å². The van der Waals surface area contributed by atoms with E-state index in [1.807, 2.05) is 0 Å². The predicted molar refractivity (Wildman–Crippen MR) is 55.4 cm³/mol. The first-order valence-corrected chi connectivity index (χ1v) is 5.57. The minimum absolute atomic E-state index is 0.0555. The molecule has 3 heteroatoms. The highest BCUT2D eigenvalue weighted by Crippen LogP contribution is 2.27. The molecule has 3 atom stereocenters. The Balaban J connectivity index is 1.82. The summed E-state index contributed by atoms with van der Waals surface area (Å²) in [4.78, 5) is 0. The fourth-order valence-corrected chi connectivity index (χ4v) is 2.15. The van der Waals surface area contributed by atoms with Gasteiger partial charge in [0.2, 0.25) is 0 Å². The number of hydrogen-bond acceptors (Lipinski definition) is 3. The lowest BCUT2D eigenvalue weighted by Gasteiger charge is -2.25. The molecular formula is C11H21NO2. The van der Waals surface area contributed by atoms with Gasteiger partial charge in [-0.25, -0.2) is 0 Å². The summed E-state index contributed by atoms with van der Waals surface area (Å²) in [5, 5.41) is 3.49. The average molecular weight is 199 g/mol. The first kappa shape index (κ1) is 10.4. The van der Waals surface area contributed by atoms with Crippen LogP contribution in [0.4, 0.5) is 0 Å². The van der Waals surface area contributed by atoms with Crippen molar-refractivity contribution in [2.24, 2.45) is 0 Å². The number of fused-ring (bicyclic) bond motifs is 2. The number of hydrogen-bond donors (Lipinski definition) is 1. The van der Waals surface area contributed by atoms with Crippen molar-refractivity contribution in [3.05, 3.63) is 0 Å². The Morgan fingerprint density at radius 2 is 2.21 bits per heavy atom. The van der Waals surface area contributed by atoms with Gasteiger partial charge >= 0.3 is 0 Å². The molecule has 2 aliphatic rings. The molecule has 0 aliphatic carbocycles. The zero-order valence-electron chi connectivity index (χ0n) is 9.38. The normalized spacial score (nSPS) is 37.5. The van der Waals surface area contributed by atoms with Crippen LogP contribution in [0.1, 0.15) is 33.6 Å². The molecule has 82 valence electrons. The molecule has 0 radical (unpaired) electrons. The van der Waals surface area contributed by atoms with Crippen LogP contribution in [0.2, 0.25) is 0 Å². The lowest BCUT2D eigenvalue weighted by molar-refractivity contribution is -0.0697. The maximum absolute atomic E-state index is 5.89. The maximum atomic E-state index is 5.89. The van der Waals surface area contributed by atoms with Crippen LogP contribution in [-0.4, -0.2) is 37.0 Å². The minimum atomic E-state index is -0.0555. The largest absolute Gasteiger partial charge is 0.373 e. The van der Waals surface area contributed by atoms with Crippen molar-refractivity contribution >= 4 is 0 Å². The summed E-state index contributed by atoms with van der Waals surface area (Å²) in [6.07, 6.45) is 3.07. The van der Waals surface area contributed by atoms with Crippen LogP contribution in [0.15, 0.2) is 0 Å². The number of nitrogens with one attached hydrogen (secondary N) is 1. The molecule has 0 aromatic heterocycles. The summed E-state index contributed by atoms with van der Waals surface area (Å²) in [6.45, 7) is 8.07. The van der Waals surface area contributed by atoms with E-state index in [0.29, 0.717) is 12.1 Å². The van der Waals surface area contributed by atoms with E-state index in [0.717, 1.165) is 26.0 Å². The molecule has 2 saturated heterocycles. The second kappa shape index (κ2) is 3.80. The van der Waals surface area contributed by atoms with Crippen LogP contribution in [0.5, 0.6) is 0 Å². The standard InChI is InChI=1S/C11H21NO2/c1-11(2,3)13-7-10-9-6-8(14-10)4-5-12-9/h8-10,12H,4-7H2,1-3H3. The fourth-order valence-electron chi connectivity index (χ4n) is 2.15. The van der Waals surface area contributed by atoms with E-state index in [-0.39, 0.29) is 11.7 Å². The van der Waals surface area contributed by atoms with Crippen molar-refractivity contribution in [3.63, 3.8) is 0 Å². The molecule has 14 heavy (non-hydrogen) atoms. The van der Waals surface area contributed by atoms with Crippen molar-refractivity contribution in [2.75, 3.05) is 13.2 Å².